The summed E-state index contributed by atoms with van der Waals surface area (Å²) in [5.74, 6) is 2.85. The number of rotatable bonds is 2. The highest BCUT2D eigenvalue weighted by atomic mass is 32.2. The molecule has 1 saturated heterocycles. The van der Waals surface area contributed by atoms with Crippen molar-refractivity contribution in [3.63, 3.8) is 0 Å². The molecule has 1 rings (SSSR count). The summed E-state index contributed by atoms with van der Waals surface area (Å²) >= 11 is 3.83. The van der Waals surface area contributed by atoms with Gasteiger partial charge in [0.1, 0.15) is 0 Å². The quantitative estimate of drug-likeness (QED) is 0.724. The van der Waals surface area contributed by atoms with Gasteiger partial charge in [0.15, 0.2) is 0 Å². The molecule has 1 fully saturated rings. The first-order valence-electron chi connectivity index (χ1n) is 4.13. The minimum absolute atomic E-state index is 0.120. The van der Waals surface area contributed by atoms with Gasteiger partial charge in [-0.2, -0.15) is 0 Å². The lowest BCUT2D eigenvalue weighted by atomic mass is 10.1. The predicted octanol–water partition coefficient (Wildman–Crippen LogP) is 2.20. The van der Waals surface area contributed by atoms with Crippen LogP contribution in [-0.2, 0) is 0 Å². The zero-order chi connectivity index (χ0) is 8.27. The van der Waals surface area contributed by atoms with Gasteiger partial charge >= 0.3 is 0 Å². The molecule has 0 aromatic rings. The maximum atomic E-state index is 9.71. The minimum Gasteiger partial charge on any atom is -0.391 e. The molecule has 11 heavy (non-hydrogen) atoms. The fourth-order valence-electron chi connectivity index (χ4n) is 1.02. The van der Waals surface area contributed by atoms with E-state index < -0.39 is 0 Å². The van der Waals surface area contributed by atoms with E-state index >= 15 is 0 Å². The number of aliphatic hydroxyl groups excluding tert-OH is 1. The van der Waals surface area contributed by atoms with E-state index in [2.05, 4.69) is 13.8 Å². The zero-order valence-electron chi connectivity index (χ0n) is 7.12. The fraction of sp³-hybridized carbons (Fsp3) is 1.00. The van der Waals surface area contributed by atoms with E-state index in [9.17, 15) is 5.11 Å². The Hall–Kier alpha value is 0.660. The molecule has 3 heteroatoms. The smallest absolute Gasteiger partial charge is 0.0773 e. The molecule has 0 aromatic carbocycles. The zero-order valence-corrected chi connectivity index (χ0v) is 8.75. The van der Waals surface area contributed by atoms with Crippen LogP contribution in [0.4, 0.5) is 0 Å². The lowest BCUT2D eigenvalue weighted by Crippen LogP contribution is -2.28. The van der Waals surface area contributed by atoms with Gasteiger partial charge in [0.25, 0.3) is 0 Å². The first-order chi connectivity index (χ1) is 5.22. The third-order valence-corrected chi connectivity index (χ3v) is 4.89. The van der Waals surface area contributed by atoms with E-state index in [0.717, 1.165) is 0 Å². The molecule has 1 atom stereocenters. The van der Waals surface area contributed by atoms with Gasteiger partial charge in [-0.3, -0.25) is 0 Å². The number of thioether (sulfide) groups is 2. The highest BCUT2D eigenvalue weighted by Crippen LogP contribution is 2.34. The molecule has 0 saturated carbocycles. The van der Waals surface area contributed by atoms with Crippen LogP contribution < -0.4 is 0 Å². The minimum atomic E-state index is -0.120. The lowest BCUT2D eigenvalue weighted by Gasteiger charge is -2.27. The van der Waals surface area contributed by atoms with E-state index in [-0.39, 0.29) is 6.10 Å². The standard InChI is InChI=1S/C8H16OS2/c1-6(2)7(9)8-10-4-3-5-11-8/h6-9H,3-5H2,1-2H3. The summed E-state index contributed by atoms with van der Waals surface area (Å²) in [5.41, 5.74) is 0. The summed E-state index contributed by atoms with van der Waals surface area (Å²) in [5, 5.41) is 9.71. The molecule has 0 aromatic heterocycles. The highest BCUT2D eigenvalue weighted by molar-refractivity contribution is 8.17. The van der Waals surface area contributed by atoms with Crippen LogP contribution in [0.15, 0.2) is 0 Å². The number of hydrogen-bond acceptors (Lipinski definition) is 3. The second-order valence-electron chi connectivity index (χ2n) is 3.20. The SMILES string of the molecule is CC(C)C(O)C1SCCCS1. The van der Waals surface area contributed by atoms with E-state index in [4.69, 9.17) is 0 Å². The van der Waals surface area contributed by atoms with Gasteiger partial charge < -0.3 is 5.11 Å². The Kier molecular flexibility index (Phi) is 4.10. The van der Waals surface area contributed by atoms with Gasteiger partial charge in [-0.1, -0.05) is 13.8 Å². The van der Waals surface area contributed by atoms with Crippen LogP contribution in [0.5, 0.6) is 0 Å². The molecule has 1 N–H and O–H groups in total. The van der Waals surface area contributed by atoms with Gasteiger partial charge in [-0.25, -0.2) is 0 Å². The van der Waals surface area contributed by atoms with Crippen LogP contribution in [0.25, 0.3) is 0 Å². The summed E-state index contributed by atoms with van der Waals surface area (Å²) < 4.78 is 0.434. The van der Waals surface area contributed by atoms with E-state index in [0.29, 0.717) is 10.5 Å². The molecular formula is C8H16OS2. The van der Waals surface area contributed by atoms with Crippen LogP contribution >= 0.6 is 23.5 Å². The normalized spacial score (nSPS) is 24.0. The van der Waals surface area contributed by atoms with Crippen LogP contribution in [0.2, 0.25) is 0 Å². The van der Waals surface area contributed by atoms with Gasteiger partial charge in [-0.15, -0.1) is 23.5 Å². The Bertz CT molecular complexity index is 111. The Morgan fingerprint density at radius 1 is 1.27 bits per heavy atom. The maximum absolute atomic E-state index is 9.71. The average molecular weight is 192 g/mol. The molecule has 0 aliphatic carbocycles. The molecule has 1 nitrogen and oxygen atoms in total. The van der Waals surface area contributed by atoms with Crippen LogP contribution in [0.1, 0.15) is 20.3 Å². The van der Waals surface area contributed by atoms with Crippen molar-refractivity contribution < 1.29 is 5.11 Å². The fourth-order valence-corrected chi connectivity index (χ4v) is 4.27. The van der Waals surface area contributed by atoms with Gasteiger partial charge in [0.2, 0.25) is 0 Å². The number of hydrogen-bond donors (Lipinski definition) is 1. The van der Waals surface area contributed by atoms with Crippen LogP contribution in [0, 0.1) is 5.92 Å². The first kappa shape index (κ1) is 9.75. The molecule has 0 radical (unpaired) electrons. The van der Waals surface area contributed by atoms with Crippen molar-refractivity contribution in [2.75, 3.05) is 11.5 Å². The molecule has 1 aliphatic heterocycles. The second-order valence-corrected chi connectivity index (χ2v) is 6.00. The van der Waals surface area contributed by atoms with E-state index in [1.807, 2.05) is 23.5 Å². The summed E-state index contributed by atoms with van der Waals surface area (Å²) in [6.45, 7) is 4.17. The summed E-state index contributed by atoms with van der Waals surface area (Å²) in [7, 11) is 0. The van der Waals surface area contributed by atoms with E-state index in [1.165, 1.54) is 17.9 Å². The summed E-state index contributed by atoms with van der Waals surface area (Å²) in [6.07, 6.45) is 1.18. The maximum Gasteiger partial charge on any atom is 0.0773 e. The van der Waals surface area contributed by atoms with Crippen molar-refractivity contribution in [1.29, 1.82) is 0 Å². The molecule has 0 spiro atoms. The van der Waals surface area contributed by atoms with E-state index in [1.54, 1.807) is 0 Å². The number of aliphatic hydroxyl groups is 1. The molecule has 0 amide bonds. The van der Waals surface area contributed by atoms with Crippen molar-refractivity contribution in [2.45, 2.75) is 31.0 Å². The Morgan fingerprint density at radius 3 is 2.27 bits per heavy atom. The van der Waals surface area contributed by atoms with Crippen molar-refractivity contribution in [3.8, 4) is 0 Å². The van der Waals surface area contributed by atoms with Gasteiger partial charge in [0.05, 0.1) is 10.7 Å². The Labute approximate surface area is 77.3 Å². The Morgan fingerprint density at radius 2 is 1.82 bits per heavy atom. The average Bonchev–Trinajstić information content (AvgIpc) is 2.05. The van der Waals surface area contributed by atoms with Gasteiger partial charge in [0, 0.05) is 0 Å². The van der Waals surface area contributed by atoms with Crippen molar-refractivity contribution in [3.05, 3.63) is 0 Å². The largest absolute Gasteiger partial charge is 0.391 e. The monoisotopic (exact) mass is 192 g/mol. The summed E-state index contributed by atoms with van der Waals surface area (Å²) in [4.78, 5) is 0. The molecule has 0 bridgehead atoms. The molecule has 1 heterocycles. The topological polar surface area (TPSA) is 20.2 Å². The van der Waals surface area contributed by atoms with Crippen LogP contribution in [0.3, 0.4) is 0 Å². The Balaban J connectivity index is 2.32. The first-order valence-corrected chi connectivity index (χ1v) is 6.23. The molecule has 66 valence electrons. The van der Waals surface area contributed by atoms with Gasteiger partial charge in [-0.05, 0) is 23.8 Å². The third kappa shape index (κ3) is 2.88. The molecule has 1 aliphatic rings. The van der Waals surface area contributed by atoms with Crippen LogP contribution in [-0.4, -0.2) is 27.3 Å². The molecular weight excluding hydrogens is 176 g/mol. The molecule has 1 unspecified atom stereocenters. The van der Waals surface area contributed by atoms with Crippen molar-refractivity contribution in [2.24, 2.45) is 5.92 Å². The lowest BCUT2D eigenvalue weighted by molar-refractivity contribution is 0.141. The second kappa shape index (κ2) is 4.63. The predicted molar refractivity (Wildman–Crippen MR) is 54.2 cm³/mol. The summed E-state index contributed by atoms with van der Waals surface area (Å²) in [6, 6.07) is 0. The highest BCUT2D eigenvalue weighted by Gasteiger charge is 2.24. The van der Waals surface area contributed by atoms with Crippen molar-refractivity contribution in [1.82, 2.24) is 0 Å². The third-order valence-electron chi connectivity index (χ3n) is 1.81. The van der Waals surface area contributed by atoms with Crippen molar-refractivity contribution >= 4 is 23.5 Å².